The van der Waals surface area contributed by atoms with Gasteiger partial charge < -0.3 is 4.90 Å². The molecule has 2 heterocycles. The molecule has 1 aliphatic carbocycles. The summed E-state index contributed by atoms with van der Waals surface area (Å²) in [5.41, 5.74) is 2.25. The Balaban J connectivity index is 2.09. The predicted molar refractivity (Wildman–Crippen MR) is 69.9 cm³/mol. The minimum Gasteiger partial charge on any atom is -0.307 e. The van der Waals surface area contributed by atoms with Crippen molar-refractivity contribution < 1.29 is 9.28 Å². The molecule has 3 nitrogen and oxygen atoms in total. The van der Waals surface area contributed by atoms with Gasteiger partial charge >= 0.3 is 0 Å². The molecule has 0 bridgehead atoms. The number of hydrogen-bond donors (Lipinski definition) is 0. The third kappa shape index (κ3) is 1.63. The third-order valence-electron chi connectivity index (χ3n) is 3.34. The highest BCUT2D eigenvalue weighted by Gasteiger charge is 2.39. The van der Waals surface area contributed by atoms with Gasteiger partial charge in [0.2, 0.25) is 0 Å². The van der Waals surface area contributed by atoms with Crippen molar-refractivity contribution in [2.75, 3.05) is 20.8 Å². The maximum atomic E-state index is 11.5. The van der Waals surface area contributed by atoms with Crippen molar-refractivity contribution >= 4 is 21.7 Å². The lowest BCUT2D eigenvalue weighted by Gasteiger charge is -2.38. The first-order valence-corrected chi connectivity index (χ1v) is 6.40. The minimum atomic E-state index is 0.0821. The van der Waals surface area contributed by atoms with Gasteiger partial charge in [-0.05, 0) is 45.8 Å². The van der Waals surface area contributed by atoms with Crippen LogP contribution in [0.1, 0.15) is 0 Å². The van der Waals surface area contributed by atoms with E-state index in [-0.39, 0.29) is 11.8 Å². The van der Waals surface area contributed by atoms with E-state index in [0.29, 0.717) is 0 Å². The Bertz CT molecular complexity index is 526. The van der Waals surface area contributed by atoms with Crippen LogP contribution in [0.25, 0.3) is 0 Å². The van der Waals surface area contributed by atoms with E-state index >= 15 is 0 Å². The molecule has 0 aromatic rings. The molecule has 4 heteroatoms. The Morgan fingerprint density at radius 2 is 2.18 bits per heavy atom. The Labute approximate surface area is 109 Å². The molecule has 0 saturated heterocycles. The molecule has 0 spiro atoms. The molecule has 3 aliphatic rings. The van der Waals surface area contributed by atoms with Crippen LogP contribution in [0.3, 0.4) is 0 Å². The quantitative estimate of drug-likeness (QED) is 0.502. The lowest BCUT2D eigenvalue weighted by Crippen LogP contribution is -2.49. The number of nitrogens with zero attached hydrogens (tertiary/aromatic N) is 2. The summed E-state index contributed by atoms with van der Waals surface area (Å²) < 4.78 is 1.91. The summed E-state index contributed by atoms with van der Waals surface area (Å²) in [5.74, 6) is 0.0821. The molecule has 0 N–H and O–H groups in total. The smallest absolute Gasteiger partial charge is 0.179 e. The van der Waals surface area contributed by atoms with E-state index < -0.39 is 0 Å². The van der Waals surface area contributed by atoms with Gasteiger partial charge in [-0.15, -0.1) is 0 Å². The van der Waals surface area contributed by atoms with Crippen molar-refractivity contribution in [3.63, 3.8) is 0 Å². The van der Waals surface area contributed by atoms with Gasteiger partial charge in [-0.3, -0.25) is 9.28 Å². The van der Waals surface area contributed by atoms with Gasteiger partial charge in [0, 0.05) is 5.57 Å². The van der Waals surface area contributed by atoms with Gasteiger partial charge in [-0.1, -0.05) is 0 Å². The third-order valence-corrected chi connectivity index (χ3v) is 4.22. The molecule has 0 saturated carbocycles. The van der Waals surface area contributed by atoms with Gasteiger partial charge in [0.15, 0.2) is 12.5 Å². The number of carbonyl (C=O) groups is 1. The maximum Gasteiger partial charge on any atom is 0.179 e. The van der Waals surface area contributed by atoms with Gasteiger partial charge in [-0.2, -0.15) is 0 Å². The van der Waals surface area contributed by atoms with Crippen molar-refractivity contribution in [3.8, 4) is 0 Å². The summed E-state index contributed by atoms with van der Waals surface area (Å²) in [6.45, 7) is 0.907. The van der Waals surface area contributed by atoms with Crippen LogP contribution in [0.4, 0.5) is 0 Å². The van der Waals surface area contributed by atoms with Crippen LogP contribution in [-0.4, -0.2) is 42.0 Å². The fraction of sp³-hybridized carbons (Fsp3) is 0.308. The Hall–Kier alpha value is -1.13. The molecular formula is C13H14BrN2O+. The number of ketones is 1. The predicted octanol–water partition coefficient (Wildman–Crippen LogP) is 1.90. The van der Waals surface area contributed by atoms with Crippen molar-refractivity contribution in [3.05, 3.63) is 46.3 Å². The largest absolute Gasteiger partial charge is 0.307 e. The standard InChI is InChI=1S/C13H14BrN2O/c1-16(2)6-5-12-11-7-9(17)3-4-10(11)13(14)15(12)8-16/h3-7,12H,8H2,1-2H3/q+1. The van der Waals surface area contributed by atoms with Crippen molar-refractivity contribution in [1.29, 1.82) is 0 Å². The molecule has 0 amide bonds. The van der Waals surface area contributed by atoms with Gasteiger partial charge in [0.1, 0.15) is 0 Å². The van der Waals surface area contributed by atoms with Crippen LogP contribution in [0.15, 0.2) is 46.3 Å². The molecule has 0 fully saturated rings. The zero-order chi connectivity index (χ0) is 12.2. The van der Waals surface area contributed by atoms with Gasteiger partial charge in [0.05, 0.1) is 30.9 Å². The number of fused-ring (bicyclic) bond motifs is 3. The molecule has 1 atom stereocenters. The highest BCUT2D eigenvalue weighted by Crippen LogP contribution is 2.41. The van der Waals surface area contributed by atoms with Gasteiger partial charge in [-0.25, -0.2) is 0 Å². The van der Waals surface area contributed by atoms with E-state index in [1.807, 2.05) is 6.08 Å². The first-order chi connectivity index (χ1) is 7.98. The van der Waals surface area contributed by atoms with E-state index in [4.69, 9.17) is 0 Å². The first-order valence-electron chi connectivity index (χ1n) is 5.60. The monoisotopic (exact) mass is 293 g/mol. The molecular weight excluding hydrogens is 280 g/mol. The van der Waals surface area contributed by atoms with E-state index in [9.17, 15) is 4.79 Å². The summed E-state index contributed by atoms with van der Waals surface area (Å²) in [6, 6.07) is 0.208. The zero-order valence-corrected chi connectivity index (χ0v) is 11.4. The molecule has 17 heavy (non-hydrogen) atoms. The maximum absolute atomic E-state index is 11.5. The van der Waals surface area contributed by atoms with Crippen LogP contribution < -0.4 is 0 Å². The summed E-state index contributed by atoms with van der Waals surface area (Å²) in [6.07, 6.45) is 9.65. The fourth-order valence-electron chi connectivity index (χ4n) is 2.53. The Morgan fingerprint density at radius 1 is 1.41 bits per heavy atom. The van der Waals surface area contributed by atoms with Gasteiger partial charge in [0.25, 0.3) is 0 Å². The fourth-order valence-corrected chi connectivity index (χ4v) is 3.22. The summed E-state index contributed by atoms with van der Waals surface area (Å²) in [7, 11) is 4.32. The number of hydrogen-bond acceptors (Lipinski definition) is 2. The van der Waals surface area contributed by atoms with Crippen molar-refractivity contribution in [2.45, 2.75) is 6.04 Å². The number of carbonyl (C=O) groups excluding carboxylic acids is 1. The minimum absolute atomic E-state index is 0.0821. The lowest BCUT2D eigenvalue weighted by atomic mass is 9.96. The van der Waals surface area contributed by atoms with E-state index in [0.717, 1.165) is 26.9 Å². The molecule has 0 aromatic heterocycles. The number of halogens is 1. The topological polar surface area (TPSA) is 20.3 Å². The van der Waals surface area contributed by atoms with E-state index in [1.54, 1.807) is 12.2 Å². The zero-order valence-electron chi connectivity index (χ0n) is 9.85. The molecule has 2 aliphatic heterocycles. The SMILES string of the molecule is C[N+]1(C)C=CC2C3=CC(=O)C=CC3=C(Br)N2C1. The normalized spacial score (nSPS) is 29.4. The summed E-state index contributed by atoms with van der Waals surface area (Å²) >= 11 is 3.65. The molecule has 1 unspecified atom stereocenters. The molecule has 88 valence electrons. The second-order valence-corrected chi connectivity index (χ2v) is 5.97. The van der Waals surface area contributed by atoms with Crippen LogP contribution >= 0.6 is 15.9 Å². The first kappa shape index (κ1) is 11.0. The Morgan fingerprint density at radius 3 is 2.94 bits per heavy atom. The highest BCUT2D eigenvalue weighted by atomic mass is 79.9. The summed E-state index contributed by atoms with van der Waals surface area (Å²) in [4.78, 5) is 13.8. The number of allylic oxidation sites excluding steroid dienone is 3. The van der Waals surface area contributed by atoms with Crippen molar-refractivity contribution in [1.82, 2.24) is 4.90 Å². The average molecular weight is 294 g/mol. The lowest BCUT2D eigenvalue weighted by molar-refractivity contribution is -0.852. The second kappa shape index (κ2) is 3.43. The van der Waals surface area contributed by atoms with Crippen LogP contribution in [-0.2, 0) is 4.79 Å². The average Bonchev–Trinajstić information content (AvgIpc) is 2.51. The Kier molecular flexibility index (Phi) is 2.22. The number of quaternary nitrogens is 1. The number of rotatable bonds is 0. The van der Waals surface area contributed by atoms with Crippen molar-refractivity contribution in [2.24, 2.45) is 0 Å². The van der Waals surface area contributed by atoms with Crippen LogP contribution in [0.5, 0.6) is 0 Å². The second-order valence-electron chi connectivity index (χ2n) is 5.22. The summed E-state index contributed by atoms with van der Waals surface area (Å²) in [5, 5.41) is 0. The molecule has 3 rings (SSSR count). The van der Waals surface area contributed by atoms with Crippen LogP contribution in [0, 0.1) is 0 Å². The van der Waals surface area contributed by atoms with E-state index in [2.05, 4.69) is 47.2 Å². The molecule has 0 aromatic carbocycles. The molecule has 0 radical (unpaired) electrons. The van der Waals surface area contributed by atoms with E-state index in [1.165, 1.54) is 0 Å². The van der Waals surface area contributed by atoms with Crippen LogP contribution in [0.2, 0.25) is 0 Å². The highest BCUT2D eigenvalue weighted by molar-refractivity contribution is 9.11.